The number of phenolic OH excluding ortho intramolecular Hbond substituents is 1. The summed E-state index contributed by atoms with van der Waals surface area (Å²) in [5.74, 6) is 1.80. The van der Waals surface area contributed by atoms with Crippen LogP contribution >= 0.6 is 0 Å². The zero-order valence-electron chi connectivity index (χ0n) is 24.3. The molecule has 9 heteroatoms. The first kappa shape index (κ1) is 25.4. The number of ketones is 2. The maximum atomic E-state index is 12.7. The Morgan fingerprint density at radius 3 is 2.47 bits per heavy atom. The number of carbonyl (C=O) groups excluding carboxylic acids is 2. The molecule has 224 valence electrons. The van der Waals surface area contributed by atoms with Crippen LogP contribution in [0, 0.1) is 6.92 Å². The van der Waals surface area contributed by atoms with Crippen LogP contribution < -0.4 is 14.8 Å². The number of nitrogens with one attached hydrogen (secondary N) is 1. The fraction of sp³-hybridized carbons (Fsp3) is 0.588. The summed E-state index contributed by atoms with van der Waals surface area (Å²) in [7, 11) is 0. The number of rotatable bonds is 0. The summed E-state index contributed by atoms with van der Waals surface area (Å²) >= 11 is 0. The van der Waals surface area contributed by atoms with Crippen molar-refractivity contribution in [3.8, 4) is 17.2 Å². The molecule has 0 amide bonds. The smallest absolute Gasteiger partial charge is 0.174 e. The molecule has 5 aliphatic heterocycles. The Morgan fingerprint density at radius 1 is 0.884 bits per heavy atom. The number of ether oxygens (including phenoxy) is 3. The van der Waals surface area contributed by atoms with E-state index in [2.05, 4.69) is 29.3 Å². The summed E-state index contributed by atoms with van der Waals surface area (Å²) in [5.41, 5.74) is 3.77. The van der Waals surface area contributed by atoms with Gasteiger partial charge in [0.1, 0.15) is 18.1 Å². The average molecular weight is 585 g/mol. The third-order valence-corrected chi connectivity index (χ3v) is 13.1. The predicted octanol–water partition coefficient (Wildman–Crippen LogP) is 2.12. The molecule has 5 fully saturated rings. The molecule has 2 aromatic carbocycles. The Bertz CT molecular complexity index is 1670. The lowest BCUT2D eigenvalue weighted by molar-refractivity contribution is -0.166. The molecule has 5 heterocycles. The molecule has 9 atom stereocenters. The number of piperidine rings is 2. The van der Waals surface area contributed by atoms with E-state index in [-0.39, 0.29) is 40.5 Å². The third-order valence-electron chi connectivity index (χ3n) is 13.1. The molecule has 2 saturated carbocycles. The van der Waals surface area contributed by atoms with Gasteiger partial charge in [-0.15, -0.1) is 0 Å². The number of aliphatic hydroxyl groups is 1. The topological polar surface area (TPSA) is 118 Å². The highest BCUT2D eigenvalue weighted by Gasteiger charge is 2.76. The number of carbonyl (C=O) groups is 2. The van der Waals surface area contributed by atoms with E-state index in [0.717, 1.165) is 61.5 Å². The molecule has 3 spiro atoms. The van der Waals surface area contributed by atoms with Gasteiger partial charge in [0.05, 0.1) is 16.4 Å². The van der Waals surface area contributed by atoms with Crippen LogP contribution in [0.25, 0.3) is 0 Å². The standard InChI is InChI=1S/C18H19NO3.C16H17NO4/c1-10-2-3-11-8-13-18-5-4-12(20)16-17(18,14(11)15(10)22-16)6-7-19(13)9-21-18;18-9-2-1-8-7-11-16(20)4-3-10(19)14-15(16,5-6-17-11)12(8)13(9)21-14/h2-3,13,16H,4-9H2,1H3;1-2,11,14,17-18,20H,3-7H2/t13-,16+,17+,18-;11-,14+,15+,16-/m11/s1. The maximum absolute atomic E-state index is 12.7. The van der Waals surface area contributed by atoms with Gasteiger partial charge in [-0.05, 0) is 74.8 Å². The van der Waals surface area contributed by atoms with Crippen LogP contribution in [0.4, 0.5) is 0 Å². The highest BCUT2D eigenvalue weighted by molar-refractivity contribution is 5.91. The molecule has 3 N–H and O–H groups in total. The second-order valence-electron chi connectivity index (χ2n) is 14.4. The van der Waals surface area contributed by atoms with Crippen LogP contribution in [0.2, 0.25) is 0 Å². The Hall–Kier alpha value is -2.98. The van der Waals surface area contributed by atoms with Crippen LogP contribution in [-0.4, -0.2) is 82.0 Å². The normalized spacial score (nSPS) is 44.5. The number of hydrogen-bond donors (Lipinski definition) is 3. The summed E-state index contributed by atoms with van der Waals surface area (Å²) in [6.45, 7) is 4.59. The maximum Gasteiger partial charge on any atom is 0.174 e. The molecule has 11 rings (SSSR count). The molecular formula is C34H36N2O7. The van der Waals surface area contributed by atoms with Gasteiger partial charge in [0.25, 0.3) is 0 Å². The van der Waals surface area contributed by atoms with Crippen molar-refractivity contribution in [2.75, 3.05) is 19.8 Å². The minimum Gasteiger partial charge on any atom is -0.504 e. The third kappa shape index (κ3) is 2.58. The van der Waals surface area contributed by atoms with Crippen LogP contribution in [0.1, 0.15) is 66.3 Å². The number of benzene rings is 2. The number of phenols is 1. The first-order chi connectivity index (χ1) is 20.7. The van der Waals surface area contributed by atoms with Crippen LogP contribution in [0.15, 0.2) is 24.3 Å². The lowest BCUT2D eigenvalue weighted by atomic mass is 9.49. The van der Waals surface area contributed by atoms with Crippen molar-refractivity contribution in [1.82, 2.24) is 10.2 Å². The highest BCUT2D eigenvalue weighted by Crippen LogP contribution is 2.67. The molecule has 0 aromatic heterocycles. The Balaban J connectivity index is 0.000000114. The zero-order chi connectivity index (χ0) is 29.1. The first-order valence-corrected chi connectivity index (χ1v) is 16.0. The fourth-order valence-corrected chi connectivity index (χ4v) is 11.4. The van der Waals surface area contributed by atoms with Gasteiger partial charge in [-0.1, -0.05) is 18.2 Å². The van der Waals surface area contributed by atoms with Gasteiger partial charge in [-0.2, -0.15) is 0 Å². The van der Waals surface area contributed by atoms with Crippen molar-refractivity contribution >= 4 is 11.6 Å². The van der Waals surface area contributed by atoms with Gasteiger partial charge in [0.2, 0.25) is 0 Å². The summed E-state index contributed by atoms with van der Waals surface area (Å²) in [4.78, 5) is 27.6. The minimum absolute atomic E-state index is 0.0452. The number of nitrogens with zero attached hydrogens (tertiary/aromatic N) is 1. The molecular weight excluding hydrogens is 548 g/mol. The SMILES string of the molecule is Cc1ccc2c3c1O[C@H]1C(=O)CC[C@]45OCN(CC[C@]314)[C@@H]5C2.O=C1CC[C@@]2(O)[C@H]3Cc4ccc(O)c5c4[C@@]2(CCN3)[C@H]1O5. The van der Waals surface area contributed by atoms with E-state index in [1.165, 1.54) is 11.1 Å². The molecule has 3 saturated heterocycles. The van der Waals surface area contributed by atoms with E-state index in [9.17, 15) is 19.8 Å². The molecule has 9 aliphatic rings. The van der Waals surface area contributed by atoms with Crippen molar-refractivity contribution in [3.63, 3.8) is 0 Å². The van der Waals surface area contributed by atoms with E-state index in [4.69, 9.17) is 14.2 Å². The summed E-state index contributed by atoms with van der Waals surface area (Å²) in [5, 5.41) is 25.0. The molecule has 9 nitrogen and oxygen atoms in total. The number of aryl methyl sites for hydroxylation is 1. The van der Waals surface area contributed by atoms with Crippen molar-refractivity contribution in [2.24, 2.45) is 0 Å². The minimum atomic E-state index is -0.962. The average Bonchev–Trinajstić information content (AvgIpc) is 3.61. The monoisotopic (exact) mass is 584 g/mol. The van der Waals surface area contributed by atoms with Gasteiger partial charge < -0.3 is 29.7 Å². The molecule has 43 heavy (non-hydrogen) atoms. The van der Waals surface area contributed by atoms with Crippen LogP contribution in [0.5, 0.6) is 17.2 Å². The van der Waals surface area contributed by atoms with Gasteiger partial charge in [-0.25, -0.2) is 0 Å². The van der Waals surface area contributed by atoms with Crippen LogP contribution in [0.3, 0.4) is 0 Å². The van der Waals surface area contributed by atoms with Crippen LogP contribution in [-0.2, 0) is 38.0 Å². The molecule has 2 aromatic rings. The summed E-state index contributed by atoms with van der Waals surface area (Å²) in [6.07, 6.45) is 4.70. The molecule has 4 aliphatic carbocycles. The van der Waals surface area contributed by atoms with E-state index >= 15 is 0 Å². The molecule has 1 unspecified atom stereocenters. The molecule has 6 bridgehead atoms. The van der Waals surface area contributed by atoms with E-state index in [1.54, 1.807) is 6.07 Å². The van der Waals surface area contributed by atoms with Crippen molar-refractivity contribution in [1.29, 1.82) is 0 Å². The summed E-state index contributed by atoms with van der Waals surface area (Å²) < 4.78 is 18.7. The van der Waals surface area contributed by atoms with Gasteiger partial charge >= 0.3 is 0 Å². The largest absolute Gasteiger partial charge is 0.504 e. The van der Waals surface area contributed by atoms with Crippen molar-refractivity contribution in [2.45, 2.75) is 105 Å². The van der Waals surface area contributed by atoms with Crippen molar-refractivity contribution < 1.29 is 34.0 Å². The Labute approximate surface area is 249 Å². The fourth-order valence-electron chi connectivity index (χ4n) is 11.4. The van der Waals surface area contributed by atoms with E-state index in [0.29, 0.717) is 43.9 Å². The number of aromatic hydroxyl groups is 1. The molecule has 0 radical (unpaired) electrons. The van der Waals surface area contributed by atoms with Crippen molar-refractivity contribution in [3.05, 3.63) is 52.1 Å². The first-order valence-electron chi connectivity index (χ1n) is 16.0. The van der Waals surface area contributed by atoms with E-state index < -0.39 is 17.1 Å². The van der Waals surface area contributed by atoms with Gasteiger partial charge in [0, 0.05) is 42.6 Å². The second kappa shape index (κ2) is 7.80. The second-order valence-corrected chi connectivity index (χ2v) is 14.4. The number of Topliss-reactive ketones (excluding diaryl/α,β-unsaturated/α-hetero) is 2. The lowest BCUT2D eigenvalue weighted by Gasteiger charge is -2.59. The zero-order valence-corrected chi connectivity index (χ0v) is 24.3. The van der Waals surface area contributed by atoms with Gasteiger partial charge in [0.15, 0.2) is 35.3 Å². The predicted molar refractivity (Wildman–Crippen MR) is 153 cm³/mol. The Morgan fingerprint density at radius 2 is 1.60 bits per heavy atom. The Kier molecular flexibility index (Phi) is 4.60. The van der Waals surface area contributed by atoms with E-state index in [1.807, 2.05) is 6.07 Å². The lowest BCUT2D eigenvalue weighted by Crippen LogP contribution is -2.76. The summed E-state index contributed by atoms with van der Waals surface area (Å²) in [6, 6.07) is 8.31. The highest BCUT2D eigenvalue weighted by atomic mass is 16.5. The van der Waals surface area contributed by atoms with Gasteiger partial charge in [-0.3, -0.25) is 14.5 Å². The quantitative estimate of drug-likeness (QED) is 0.428. The number of hydrogen-bond acceptors (Lipinski definition) is 9.